The normalized spacial score (nSPS) is 10.3. The van der Waals surface area contributed by atoms with E-state index in [0.717, 1.165) is 11.4 Å². The van der Waals surface area contributed by atoms with Crippen LogP contribution in [-0.2, 0) is 9.63 Å². The van der Waals surface area contributed by atoms with E-state index in [-0.39, 0.29) is 11.8 Å². The second-order valence-electron chi connectivity index (χ2n) is 9.97. The van der Waals surface area contributed by atoms with Crippen molar-refractivity contribution in [2.24, 2.45) is 5.16 Å². The van der Waals surface area contributed by atoms with Gasteiger partial charge < -0.3 is 25.3 Å². The number of hydrogen-bond donors (Lipinski definition) is 2. The Morgan fingerprint density at radius 2 is 0.881 bits per heavy atom. The molecule has 0 aliphatic rings. The first-order chi connectivity index (χ1) is 20.1. The standard InChI is InChI=1S/C33H33N5O4/c1-22(39)42-36-31(23-6-14-27(15-7-23)34-32(40)25-10-18-29(19-11-25)37(2)3)24-8-16-28(17-9-24)35-33(41)26-12-20-30(21-13-26)38(4)5/h6-21H,1-5H3,(H,34,40)(H,35,41). The van der Waals surface area contributed by atoms with E-state index in [2.05, 4.69) is 15.8 Å². The maximum atomic E-state index is 12.7. The van der Waals surface area contributed by atoms with E-state index in [1.807, 2.05) is 62.3 Å². The monoisotopic (exact) mass is 563 g/mol. The van der Waals surface area contributed by atoms with Crippen LogP contribution >= 0.6 is 0 Å². The Bertz CT molecular complexity index is 1470. The van der Waals surface area contributed by atoms with Crippen LogP contribution in [0.2, 0.25) is 0 Å². The van der Waals surface area contributed by atoms with E-state index in [4.69, 9.17) is 4.84 Å². The van der Waals surface area contributed by atoms with Gasteiger partial charge in [-0.2, -0.15) is 0 Å². The van der Waals surface area contributed by atoms with Gasteiger partial charge in [-0.15, -0.1) is 0 Å². The fraction of sp³-hybridized carbons (Fsp3) is 0.152. The van der Waals surface area contributed by atoms with Crippen molar-refractivity contribution in [3.8, 4) is 0 Å². The summed E-state index contributed by atoms with van der Waals surface area (Å²) in [4.78, 5) is 45.8. The number of anilines is 4. The summed E-state index contributed by atoms with van der Waals surface area (Å²) in [7, 11) is 7.76. The van der Waals surface area contributed by atoms with Gasteiger partial charge in [-0.25, -0.2) is 4.79 Å². The molecule has 0 aliphatic carbocycles. The number of amides is 2. The number of nitrogens with zero attached hydrogens (tertiary/aromatic N) is 3. The van der Waals surface area contributed by atoms with Crippen molar-refractivity contribution in [1.82, 2.24) is 0 Å². The predicted octanol–water partition coefficient (Wildman–Crippen LogP) is 5.64. The third-order valence-electron chi connectivity index (χ3n) is 6.39. The lowest BCUT2D eigenvalue weighted by Crippen LogP contribution is -2.14. The molecule has 4 aromatic rings. The molecule has 42 heavy (non-hydrogen) atoms. The molecule has 0 spiro atoms. The topological polar surface area (TPSA) is 103 Å². The van der Waals surface area contributed by atoms with Gasteiger partial charge in [0.25, 0.3) is 11.8 Å². The van der Waals surface area contributed by atoms with Crippen LogP contribution in [0.4, 0.5) is 22.7 Å². The number of hydrogen-bond acceptors (Lipinski definition) is 7. The summed E-state index contributed by atoms with van der Waals surface area (Å²) in [5, 5.41) is 9.85. The average molecular weight is 564 g/mol. The smallest absolute Gasteiger partial charge is 0.332 e. The summed E-state index contributed by atoms with van der Waals surface area (Å²) in [6.07, 6.45) is 0. The Morgan fingerprint density at radius 3 is 1.19 bits per heavy atom. The van der Waals surface area contributed by atoms with Gasteiger partial charge >= 0.3 is 5.97 Å². The van der Waals surface area contributed by atoms with Crippen LogP contribution < -0.4 is 20.4 Å². The van der Waals surface area contributed by atoms with Crippen LogP contribution in [0.25, 0.3) is 0 Å². The molecule has 214 valence electrons. The Hall–Kier alpha value is -5.44. The number of benzene rings is 4. The lowest BCUT2D eigenvalue weighted by atomic mass is 10.0. The minimum atomic E-state index is -0.555. The van der Waals surface area contributed by atoms with Crippen molar-refractivity contribution in [2.45, 2.75) is 6.92 Å². The SMILES string of the molecule is CC(=O)ON=C(c1ccc(NC(=O)c2ccc(N(C)C)cc2)cc1)c1ccc(NC(=O)c2ccc(N(C)C)cc2)cc1. The van der Waals surface area contributed by atoms with Crippen LogP contribution in [0, 0.1) is 0 Å². The van der Waals surface area contributed by atoms with Crippen LogP contribution in [-0.4, -0.2) is 51.7 Å². The Balaban J connectivity index is 1.47. The van der Waals surface area contributed by atoms with Crippen molar-refractivity contribution < 1.29 is 19.2 Å². The second-order valence-corrected chi connectivity index (χ2v) is 9.97. The van der Waals surface area contributed by atoms with Gasteiger partial charge in [0, 0.05) is 80.1 Å². The molecular formula is C33H33N5O4. The molecule has 0 aliphatic heterocycles. The summed E-state index contributed by atoms with van der Waals surface area (Å²) in [6.45, 7) is 1.27. The van der Waals surface area contributed by atoms with Crippen molar-refractivity contribution in [3.05, 3.63) is 119 Å². The predicted molar refractivity (Wildman–Crippen MR) is 168 cm³/mol. The van der Waals surface area contributed by atoms with Crippen molar-refractivity contribution in [2.75, 3.05) is 48.6 Å². The largest absolute Gasteiger partial charge is 0.378 e. The maximum absolute atomic E-state index is 12.7. The molecule has 0 aromatic heterocycles. The minimum Gasteiger partial charge on any atom is -0.378 e. The van der Waals surface area contributed by atoms with Gasteiger partial charge in [-0.3, -0.25) is 9.59 Å². The zero-order valence-corrected chi connectivity index (χ0v) is 24.2. The fourth-order valence-electron chi connectivity index (χ4n) is 4.03. The number of rotatable bonds is 9. The molecule has 0 saturated carbocycles. The molecule has 4 rings (SSSR count). The van der Waals surface area contributed by atoms with Gasteiger partial charge in [-0.05, 0) is 72.8 Å². The molecule has 0 heterocycles. The first kappa shape index (κ1) is 29.5. The number of carbonyl (C=O) groups excluding carboxylic acids is 3. The Morgan fingerprint density at radius 1 is 0.548 bits per heavy atom. The molecule has 2 N–H and O–H groups in total. The molecule has 0 bridgehead atoms. The van der Waals surface area contributed by atoms with Gasteiger partial charge in [0.05, 0.1) is 0 Å². The summed E-state index contributed by atoms with van der Waals surface area (Å²) >= 11 is 0. The first-order valence-electron chi connectivity index (χ1n) is 13.2. The van der Waals surface area contributed by atoms with Crippen molar-refractivity contribution in [1.29, 1.82) is 0 Å². The Labute approximate surface area is 245 Å². The number of oxime groups is 1. The first-order valence-corrected chi connectivity index (χ1v) is 13.2. The molecule has 0 atom stereocenters. The number of nitrogens with one attached hydrogen (secondary N) is 2. The highest BCUT2D eigenvalue weighted by Crippen LogP contribution is 2.20. The molecule has 9 heteroatoms. The van der Waals surface area contributed by atoms with Crippen LogP contribution in [0.15, 0.2) is 102 Å². The highest BCUT2D eigenvalue weighted by Gasteiger charge is 2.13. The molecule has 0 saturated heterocycles. The van der Waals surface area contributed by atoms with E-state index in [1.54, 1.807) is 72.8 Å². The van der Waals surface area contributed by atoms with Gasteiger partial charge in [0.15, 0.2) is 0 Å². The second kappa shape index (κ2) is 13.3. The van der Waals surface area contributed by atoms with Gasteiger partial charge in [0.1, 0.15) is 5.71 Å². The van der Waals surface area contributed by atoms with Crippen LogP contribution in [0.3, 0.4) is 0 Å². The zero-order valence-electron chi connectivity index (χ0n) is 24.2. The van der Waals surface area contributed by atoms with E-state index in [0.29, 0.717) is 39.3 Å². The highest BCUT2D eigenvalue weighted by atomic mass is 16.7. The fourth-order valence-corrected chi connectivity index (χ4v) is 4.03. The highest BCUT2D eigenvalue weighted by molar-refractivity contribution is 6.13. The summed E-state index contributed by atoms with van der Waals surface area (Å²) in [6, 6.07) is 28.7. The van der Waals surface area contributed by atoms with E-state index >= 15 is 0 Å². The minimum absolute atomic E-state index is 0.229. The Kier molecular flexibility index (Phi) is 9.34. The lowest BCUT2D eigenvalue weighted by Gasteiger charge is -2.13. The summed E-state index contributed by atoms with van der Waals surface area (Å²) in [5.41, 5.74) is 6.04. The molecular weight excluding hydrogens is 530 g/mol. The quantitative estimate of drug-likeness (QED) is 0.155. The molecule has 4 aromatic carbocycles. The molecule has 2 amide bonds. The molecule has 0 radical (unpaired) electrons. The lowest BCUT2D eigenvalue weighted by molar-refractivity contribution is -0.140. The molecule has 0 fully saturated rings. The number of carbonyl (C=O) groups is 3. The van der Waals surface area contributed by atoms with Gasteiger partial charge in [0.2, 0.25) is 0 Å². The van der Waals surface area contributed by atoms with E-state index in [1.165, 1.54) is 6.92 Å². The van der Waals surface area contributed by atoms with E-state index < -0.39 is 5.97 Å². The van der Waals surface area contributed by atoms with Crippen LogP contribution in [0.1, 0.15) is 38.8 Å². The van der Waals surface area contributed by atoms with E-state index in [9.17, 15) is 14.4 Å². The van der Waals surface area contributed by atoms with Crippen molar-refractivity contribution in [3.63, 3.8) is 0 Å². The third-order valence-corrected chi connectivity index (χ3v) is 6.39. The molecule has 0 unspecified atom stereocenters. The summed E-state index contributed by atoms with van der Waals surface area (Å²) in [5.74, 6) is -1.01. The summed E-state index contributed by atoms with van der Waals surface area (Å²) < 4.78 is 0. The molecule has 9 nitrogen and oxygen atoms in total. The zero-order chi connectivity index (χ0) is 30.2. The third kappa shape index (κ3) is 7.60. The maximum Gasteiger partial charge on any atom is 0.332 e. The van der Waals surface area contributed by atoms with Crippen molar-refractivity contribution >= 4 is 46.2 Å². The average Bonchev–Trinajstić information content (AvgIpc) is 2.98. The van der Waals surface area contributed by atoms with Gasteiger partial charge in [-0.1, -0.05) is 29.4 Å². The van der Waals surface area contributed by atoms with Crippen LogP contribution in [0.5, 0.6) is 0 Å².